The molecule has 3 nitrogen and oxygen atoms in total. The van der Waals surface area contributed by atoms with Crippen molar-refractivity contribution in [3.63, 3.8) is 0 Å². The van der Waals surface area contributed by atoms with Crippen molar-refractivity contribution in [1.29, 1.82) is 5.26 Å². The van der Waals surface area contributed by atoms with Crippen LogP contribution in [0.15, 0.2) is 11.6 Å². The average molecular weight is 233 g/mol. The smallest absolute Gasteiger partial charge is 0.188 e. The fourth-order valence-electron chi connectivity index (χ4n) is 2.16. The van der Waals surface area contributed by atoms with Gasteiger partial charge < -0.3 is 0 Å². The highest BCUT2D eigenvalue weighted by Crippen LogP contribution is 2.48. The van der Waals surface area contributed by atoms with E-state index >= 15 is 0 Å². The Morgan fingerprint density at radius 3 is 1.76 bits per heavy atom. The van der Waals surface area contributed by atoms with E-state index in [1.165, 1.54) is 6.08 Å². The van der Waals surface area contributed by atoms with Crippen LogP contribution in [-0.2, 0) is 9.59 Å². The number of hydrogen-bond donors (Lipinski definition) is 0. The molecular weight excluding hydrogens is 214 g/mol. The number of Topliss-reactive ketones (excluding diaryl/α,β-unsaturated/α-hetero) is 1. The van der Waals surface area contributed by atoms with Crippen LogP contribution in [0.5, 0.6) is 0 Å². The van der Waals surface area contributed by atoms with Crippen LogP contribution in [-0.4, -0.2) is 11.6 Å². The largest absolute Gasteiger partial charge is 0.292 e. The first kappa shape index (κ1) is 13.6. The van der Waals surface area contributed by atoms with Gasteiger partial charge >= 0.3 is 0 Å². The predicted molar refractivity (Wildman–Crippen MR) is 65.1 cm³/mol. The van der Waals surface area contributed by atoms with E-state index in [-0.39, 0.29) is 11.6 Å². The maximum atomic E-state index is 12.5. The van der Waals surface area contributed by atoms with Crippen molar-refractivity contribution >= 4 is 11.6 Å². The number of carbonyl (C=O) groups excluding carboxylic acids is 2. The number of carbonyl (C=O) groups is 2. The van der Waals surface area contributed by atoms with E-state index in [1.54, 1.807) is 20.8 Å². The van der Waals surface area contributed by atoms with Crippen LogP contribution in [0.1, 0.15) is 41.5 Å². The molecule has 1 aliphatic rings. The minimum Gasteiger partial charge on any atom is -0.292 e. The summed E-state index contributed by atoms with van der Waals surface area (Å²) in [6, 6.07) is 1.97. The first-order chi connectivity index (χ1) is 7.48. The molecule has 0 aromatic heterocycles. The Kier molecular flexibility index (Phi) is 2.83. The third-order valence-electron chi connectivity index (χ3n) is 3.33. The molecule has 1 rings (SSSR count). The van der Waals surface area contributed by atoms with E-state index in [4.69, 9.17) is 0 Å². The summed E-state index contributed by atoms with van der Waals surface area (Å²) >= 11 is 0. The summed E-state index contributed by atoms with van der Waals surface area (Å²) < 4.78 is 0. The van der Waals surface area contributed by atoms with Crippen molar-refractivity contribution in [2.45, 2.75) is 41.5 Å². The Morgan fingerprint density at radius 2 is 1.59 bits per heavy atom. The molecule has 0 aromatic rings. The summed E-state index contributed by atoms with van der Waals surface area (Å²) in [5.74, 6) is -0.701. The molecular formula is C14H19NO2. The Morgan fingerprint density at radius 1 is 1.12 bits per heavy atom. The molecule has 17 heavy (non-hydrogen) atoms. The van der Waals surface area contributed by atoms with Gasteiger partial charge in [-0.05, 0) is 16.9 Å². The molecule has 92 valence electrons. The number of nitriles is 1. The normalized spacial score (nSPS) is 25.8. The summed E-state index contributed by atoms with van der Waals surface area (Å²) in [6.45, 7) is 10.9. The molecule has 3 heteroatoms. The first-order valence-electron chi connectivity index (χ1n) is 5.71. The van der Waals surface area contributed by atoms with E-state index in [0.29, 0.717) is 5.57 Å². The van der Waals surface area contributed by atoms with Crippen molar-refractivity contribution < 1.29 is 9.59 Å². The van der Waals surface area contributed by atoms with Crippen LogP contribution in [0.4, 0.5) is 0 Å². The van der Waals surface area contributed by atoms with Crippen LogP contribution in [0, 0.1) is 27.6 Å². The summed E-state index contributed by atoms with van der Waals surface area (Å²) in [5.41, 5.74) is -2.19. The van der Waals surface area contributed by atoms with Crippen molar-refractivity contribution in [2.24, 2.45) is 16.2 Å². The first-order valence-corrected chi connectivity index (χ1v) is 5.71. The second-order valence-electron chi connectivity index (χ2n) is 6.61. The van der Waals surface area contributed by atoms with Gasteiger partial charge in [-0.25, -0.2) is 0 Å². The van der Waals surface area contributed by atoms with Crippen LogP contribution in [0.2, 0.25) is 0 Å². The molecule has 0 saturated heterocycles. The lowest BCUT2D eigenvalue weighted by Crippen LogP contribution is -2.45. The second-order valence-corrected chi connectivity index (χ2v) is 6.61. The highest BCUT2D eigenvalue weighted by molar-refractivity contribution is 6.28. The molecule has 0 spiro atoms. The number of allylic oxidation sites excluding steroid dienone is 2. The Balaban J connectivity index is 3.43. The predicted octanol–water partition coefficient (Wildman–Crippen LogP) is 2.67. The number of rotatable bonds is 0. The lowest BCUT2D eigenvalue weighted by Gasteiger charge is -2.33. The standard InChI is InChI=1S/C14H19NO2/c1-12(2,3)9-7-10(16)14(8-15,11(9)17)13(4,5)6/h7H,1-6H3. The number of nitrogens with zero attached hydrogens (tertiary/aromatic N) is 1. The van der Waals surface area contributed by atoms with Crippen molar-refractivity contribution in [1.82, 2.24) is 0 Å². The zero-order valence-corrected chi connectivity index (χ0v) is 11.3. The lowest BCUT2D eigenvalue weighted by molar-refractivity contribution is -0.136. The monoisotopic (exact) mass is 233 g/mol. The quantitative estimate of drug-likeness (QED) is 0.604. The lowest BCUT2D eigenvalue weighted by atomic mass is 9.63. The van der Waals surface area contributed by atoms with Crippen LogP contribution >= 0.6 is 0 Å². The van der Waals surface area contributed by atoms with Gasteiger partial charge in [0, 0.05) is 5.57 Å². The highest BCUT2D eigenvalue weighted by Gasteiger charge is 2.59. The molecule has 0 fully saturated rings. The fourth-order valence-corrected chi connectivity index (χ4v) is 2.16. The summed E-state index contributed by atoms with van der Waals surface area (Å²) in [5, 5.41) is 9.35. The van der Waals surface area contributed by atoms with E-state index in [0.717, 1.165) is 0 Å². The third-order valence-corrected chi connectivity index (χ3v) is 3.33. The molecule has 0 radical (unpaired) electrons. The SMILES string of the molecule is CC(C)(C)C1=CC(=O)C(C#N)(C(C)(C)C)C1=O. The molecule has 1 unspecified atom stereocenters. The van der Waals surface area contributed by atoms with E-state index in [2.05, 4.69) is 0 Å². The van der Waals surface area contributed by atoms with Crippen LogP contribution in [0.3, 0.4) is 0 Å². The van der Waals surface area contributed by atoms with E-state index < -0.39 is 16.2 Å². The number of hydrogen-bond acceptors (Lipinski definition) is 3. The van der Waals surface area contributed by atoms with Gasteiger partial charge in [-0.3, -0.25) is 9.59 Å². The zero-order chi connectivity index (χ0) is 13.6. The summed E-state index contributed by atoms with van der Waals surface area (Å²) in [4.78, 5) is 24.6. The molecule has 0 N–H and O–H groups in total. The molecule has 1 aliphatic carbocycles. The summed E-state index contributed by atoms with van der Waals surface area (Å²) in [7, 11) is 0. The van der Waals surface area contributed by atoms with Gasteiger partial charge in [0.1, 0.15) is 0 Å². The van der Waals surface area contributed by atoms with E-state index in [1.807, 2.05) is 26.8 Å². The minimum absolute atomic E-state index is 0.329. The van der Waals surface area contributed by atoms with Gasteiger partial charge in [0.05, 0.1) is 6.07 Å². The zero-order valence-electron chi connectivity index (χ0n) is 11.3. The topological polar surface area (TPSA) is 57.9 Å². The number of ketones is 2. The second kappa shape index (κ2) is 3.53. The maximum Gasteiger partial charge on any atom is 0.188 e. The van der Waals surface area contributed by atoms with Crippen molar-refractivity contribution in [3.05, 3.63) is 11.6 Å². The van der Waals surface area contributed by atoms with Crippen LogP contribution < -0.4 is 0 Å². The molecule has 0 aliphatic heterocycles. The van der Waals surface area contributed by atoms with Gasteiger partial charge in [-0.1, -0.05) is 41.5 Å². The van der Waals surface area contributed by atoms with Gasteiger partial charge in [-0.2, -0.15) is 5.26 Å². The van der Waals surface area contributed by atoms with Gasteiger partial charge in [0.2, 0.25) is 0 Å². The van der Waals surface area contributed by atoms with Crippen LogP contribution in [0.25, 0.3) is 0 Å². The fraction of sp³-hybridized carbons (Fsp3) is 0.643. The summed E-state index contributed by atoms with van der Waals surface area (Å²) in [6.07, 6.45) is 1.36. The molecule has 0 amide bonds. The Hall–Kier alpha value is -1.43. The maximum absolute atomic E-state index is 12.5. The van der Waals surface area contributed by atoms with Gasteiger partial charge in [-0.15, -0.1) is 0 Å². The van der Waals surface area contributed by atoms with Crippen molar-refractivity contribution in [2.75, 3.05) is 0 Å². The third kappa shape index (κ3) is 1.72. The molecule has 0 aromatic carbocycles. The Labute approximate surface area is 103 Å². The van der Waals surface area contributed by atoms with E-state index in [9.17, 15) is 14.9 Å². The minimum atomic E-state index is -1.55. The molecule has 1 atom stereocenters. The Bertz CT molecular complexity index is 452. The van der Waals surface area contributed by atoms with Gasteiger partial charge in [0.25, 0.3) is 0 Å². The molecule has 0 heterocycles. The molecule has 0 saturated carbocycles. The van der Waals surface area contributed by atoms with Gasteiger partial charge in [0.15, 0.2) is 17.0 Å². The highest BCUT2D eigenvalue weighted by atomic mass is 16.2. The molecule has 0 bridgehead atoms. The van der Waals surface area contributed by atoms with Crippen molar-refractivity contribution in [3.8, 4) is 6.07 Å². The average Bonchev–Trinajstić information content (AvgIpc) is 2.37.